The summed E-state index contributed by atoms with van der Waals surface area (Å²) in [6, 6.07) is 0. The number of amides is 1. The Kier molecular flexibility index (Phi) is 5.17. The molecule has 8 heteroatoms. The second-order valence-electron chi connectivity index (χ2n) is 6.59. The van der Waals surface area contributed by atoms with Gasteiger partial charge in [-0.1, -0.05) is 0 Å². The molecule has 1 N–H and O–H groups in total. The minimum atomic E-state index is -0.0533. The zero-order chi connectivity index (χ0) is 18.0. The van der Waals surface area contributed by atoms with E-state index in [2.05, 4.69) is 27.2 Å². The molecule has 3 heterocycles. The van der Waals surface area contributed by atoms with E-state index < -0.39 is 0 Å². The number of ether oxygens (including phenoxy) is 1. The molecule has 8 nitrogen and oxygen atoms in total. The van der Waals surface area contributed by atoms with Crippen LogP contribution in [0, 0.1) is 13.8 Å². The predicted octanol–water partition coefficient (Wildman–Crippen LogP) is 1.21. The quantitative estimate of drug-likeness (QED) is 0.849. The fourth-order valence-corrected chi connectivity index (χ4v) is 3.49. The topological polar surface area (TPSA) is 88.9 Å². The summed E-state index contributed by atoms with van der Waals surface area (Å²) >= 11 is 0. The molecule has 1 amide bonds. The Morgan fingerprint density at radius 3 is 2.92 bits per heavy atom. The van der Waals surface area contributed by atoms with E-state index in [0.717, 1.165) is 35.7 Å². The Bertz CT molecular complexity index is 724. The minimum absolute atomic E-state index is 0.0533. The lowest BCUT2D eigenvalue weighted by molar-refractivity contribution is -0.130. The maximum absolute atomic E-state index is 12.7. The van der Waals surface area contributed by atoms with E-state index in [-0.39, 0.29) is 17.9 Å². The van der Waals surface area contributed by atoms with E-state index in [1.54, 1.807) is 4.90 Å². The third-order valence-corrected chi connectivity index (χ3v) is 5.03. The maximum atomic E-state index is 12.7. The number of aryl methyl sites for hydroxylation is 2. The molecule has 0 aromatic carbocycles. The number of rotatable bonds is 6. The summed E-state index contributed by atoms with van der Waals surface area (Å²) in [7, 11) is 1.83. The lowest BCUT2D eigenvalue weighted by atomic mass is 10.00. The first kappa shape index (κ1) is 17.6. The largest absolute Gasteiger partial charge is 0.376 e. The number of hydrogen-bond donors (Lipinski definition) is 1. The molecule has 0 radical (unpaired) electrons. The minimum Gasteiger partial charge on any atom is -0.376 e. The van der Waals surface area contributed by atoms with Crippen LogP contribution in [-0.2, 0) is 22.5 Å². The number of aromatic nitrogens is 5. The monoisotopic (exact) mass is 346 g/mol. The molecule has 136 valence electrons. The lowest BCUT2D eigenvalue weighted by Gasteiger charge is -2.24. The number of nitrogens with zero attached hydrogens (tertiary/aromatic N) is 5. The highest BCUT2D eigenvalue weighted by molar-refractivity contribution is 5.79. The van der Waals surface area contributed by atoms with Gasteiger partial charge >= 0.3 is 0 Å². The predicted molar refractivity (Wildman–Crippen MR) is 92.2 cm³/mol. The standard InChI is InChI=1S/C17H26N6O2/c1-5-23-12(3)14(11(2)21-23)8-16(24)22(4)9-15-13(6-7-25-15)17-18-10-19-20-17/h10,13,15H,5-9H2,1-4H3,(H,18,19,20)/t13-,15-/m1/s1. The van der Waals surface area contributed by atoms with Crippen LogP contribution in [0.5, 0.6) is 0 Å². The van der Waals surface area contributed by atoms with Crippen LogP contribution in [0.3, 0.4) is 0 Å². The number of carbonyl (C=O) groups excluding carboxylic acids is 1. The fourth-order valence-electron chi connectivity index (χ4n) is 3.49. The molecule has 2 atom stereocenters. The molecule has 0 bridgehead atoms. The van der Waals surface area contributed by atoms with E-state index in [4.69, 9.17) is 4.74 Å². The average molecular weight is 346 g/mol. The zero-order valence-electron chi connectivity index (χ0n) is 15.3. The normalized spacial score (nSPS) is 20.2. The summed E-state index contributed by atoms with van der Waals surface area (Å²) in [5.41, 5.74) is 3.02. The Balaban J connectivity index is 1.64. The Morgan fingerprint density at radius 1 is 1.48 bits per heavy atom. The highest BCUT2D eigenvalue weighted by Crippen LogP contribution is 2.29. The highest BCUT2D eigenvalue weighted by atomic mass is 16.5. The molecule has 1 aliphatic heterocycles. The summed E-state index contributed by atoms with van der Waals surface area (Å²) in [5.74, 6) is 1.07. The van der Waals surface area contributed by atoms with Crippen molar-refractivity contribution in [1.82, 2.24) is 29.9 Å². The van der Waals surface area contributed by atoms with Crippen molar-refractivity contribution in [2.45, 2.75) is 52.2 Å². The van der Waals surface area contributed by atoms with Gasteiger partial charge in [0.1, 0.15) is 12.2 Å². The van der Waals surface area contributed by atoms with Gasteiger partial charge in [-0.05, 0) is 27.2 Å². The van der Waals surface area contributed by atoms with Gasteiger partial charge in [0.15, 0.2) is 0 Å². The first-order chi connectivity index (χ1) is 12.0. The first-order valence-electron chi connectivity index (χ1n) is 8.75. The summed E-state index contributed by atoms with van der Waals surface area (Å²) < 4.78 is 7.77. The third-order valence-electron chi connectivity index (χ3n) is 5.03. The van der Waals surface area contributed by atoms with E-state index >= 15 is 0 Å². The number of hydrogen-bond acceptors (Lipinski definition) is 5. The second kappa shape index (κ2) is 7.35. The van der Waals surface area contributed by atoms with Crippen molar-refractivity contribution in [1.29, 1.82) is 0 Å². The maximum Gasteiger partial charge on any atom is 0.226 e. The van der Waals surface area contributed by atoms with Crippen molar-refractivity contribution in [3.05, 3.63) is 29.1 Å². The highest BCUT2D eigenvalue weighted by Gasteiger charge is 2.33. The van der Waals surface area contributed by atoms with Crippen LogP contribution in [-0.4, -0.2) is 62.1 Å². The first-order valence-corrected chi connectivity index (χ1v) is 8.75. The van der Waals surface area contributed by atoms with Crippen molar-refractivity contribution in [3.8, 4) is 0 Å². The zero-order valence-corrected chi connectivity index (χ0v) is 15.3. The van der Waals surface area contributed by atoms with E-state index in [1.165, 1.54) is 6.33 Å². The average Bonchev–Trinajstić information content (AvgIpc) is 3.31. The van der Waals surface area contributed by atoms with Crippen LogP contribution in [0.4, 0.5) is 0 Å². The molecular formula is C17H26N6O2. The van der Waals surface area contributed by atoms with Gasteiger partial charge in [0.2, 0.25) is 5.91 Å². The molecule has 1 fully saturated rings. The molecule has 0 aliphatic carbocycles. The van der Waals surface area contributed by atoms with Gasteiger partial charge < -0.3 is 9.64 Å². The molecule has 0 saturated carbocycles. The molecule has 25 heavy (non-hydrogen) atoms. The second-order valence-corrected chi connectivity index (χ2v) is 6.59. The number of likely N-dealkylation sites (N-methyl/N-ethyl adjacent to an activating group) is 1. The van der Waals surface area contributed by atoms with Crippen molar-refractivity contribution >= 4 is 5.91 Å². The number of H-pyrrole nitrogens is 1. The van der Waals surface area contributed by atoms with Crippen LogP contribution in [0.1, 0.15) is 42.0 Å². The van der Waals surface area contributed by atoms with Crippen molar-refractivity contribution in [2.24, 2.45) is 0 Å². The van der Waals surface area contributed by atoms with Gasteiger partial charge in [0, 0.05) is 43.9 Å². The van der Waals surface area contributed by atoms with Gasteiger partial charge in [-0.3, -0.25) is 14.6 Å². The summed E-state index contributed by atoms with van der Waals surface area (Å²) in [6.07, 6.45) is 2.72. The van der Waals surface area contributed by atoms with Gasteiger partial charge in [0.05, 0.1) is 18.2 Å². The van der Waals surface area contributed by atoms with E-state index in [9.17, 15) is 4.79 Å². The van der Waals surface area contributed by atoms with Gasteiger partial charge in [-0.15, -0.1) is 0 Å². The van der Waals surface area contributed by atoms with E-state index in [1.807, 2.05) is 25.6 Å². The number of aromatic amines is 1. The Labute approximate surface area is 147 Å². The SMILES string of the molecule is CCn1nc(C)c(CC(=O)N(C)C[C@H]2OCC[C@H]2c2ncn[nH]2)c1C. The lowest BCUT2D eigenvalue weighted by Crippen LogP contribution is -2.37. The van der Waals surface area contributed by atoms with Crippen LogP contribution in [0.15, 0.2) is 6.33 Å². The van der Waals surface area contributed by atoms with Crippen LogP contribution in [0.2, 0.25) is 0 Å². The number of nitrogens with one attached hydrogen (secondary N) is 1. The molecule has 3 rings (SSSR count). The van der Waals surface area contributed by atoms with Crippen LogP contribution >= 0.6 is 0 Å². The fraction of sp³-hybridized carbons (Fsp3) is 0.647. The molecule has 2 aromatic rings. The Morgan fingerprint density at radius 2 is 2.28 bits per heavy atom. The smallest absolute Gasteiger partial charge is 0.226 e. The molecular weight excluding hydrogens is 320 g/mol. The molecule has 2 aromatic heterocycles. The Hall–Kier alpha value is -2.22. The van der Waals surface area contributed by atoms with Crippen molar-refractivity contribution in [3.63, 3.8) is 0 Å². The summed E-state index contributed by atoms with van der Waals surface area (Å²) in [5, 5.41) is 11.3. The van der Waals surface area contributed by atoms with Crippen LogP contribution < -0.4 is 0 Å². The van der Waals surface area contributed by atoms with Gasteiger partial charge in [-0.2, -0.15) is 10.2 Å². The van der Waals surface area contributed by atoms with Crippen molar-refractivity contribution < 1.29 is 9.53 Å². The summed E-state index contributed by atoms with van der Waals surface area (Å²) in [4.78, 5) is 18.7. The third kappa shape index (κ3) is 3.58. The van der Waals surface area contributed by atoms with Crippen LogP contribution in [0.25, 0.3) is 0 Å². The van der Waals surface area contributed by atoms with Crippen molar-refractivity contribution in [2.75, 3.05) is 20.2 Å². The molecule has 0 unspecified atom stereocenters. The van der Waals surface area contributed by atoms with Gasteiger partial charge in [0.25, 0.3) is 0 Å². The molecule has 0 spiro atoms. The number of carbonyl (C=O) groups is 1. The molecule has 1 aliphatic rings. The molecule has 1 saturated heterocycles. The van der Waals surface area contributed by atoms with Gasteiger partial charge in [-0.25, -0.2) is 4.98 Å². The van der Waals surface area contributed by atoms with E-state index in [0.29, 0.717) is 19.6 Å². The summed E-state index contributed by atoms with van der Waals surface area (Å²) in [6.45, 7) is 8.07.